The molecule has 1 heterocycles. The Labute approximate surface area is 119 Å². The minimum atomic E-state index is -0.769. The minimum absolute atomic E-state index is 0.447. The van der Waals surface area contributed by atoms with Gasteiger partial charge >= 0.3 is 5.97 Å². The molecule has 1 aromatic carbocycles. The van der Waals surface area contributed by atoms with E-state index in [0.29, 0.717) is 0 Å². The Morgan fingerprint density at radius 1 is 1.35 bits per heavy atom. The van der Waals surface area contributed by atoms with E-state index in [0.717, 1.165) is 23.4 Å². The summed E-state index contributed by atoms with van der Waals surface area (Å²) in [5.41, 5.74) is 2.10. The molecule has 106 valence electrons. The van der Waals surface area contributed by atoms with Gasteiger partial charge in [0.05, 0.1) is 5.92 Å². The van der Waals surface area contributed by atoms with Crippen molar-refractivity contribution in [2.24, 2.45) is 5.92 Å². The molecular weight excluding hydrogens is 250 g/mol. The molecule has 20 heavy (non-hydrogen) atoms. The maximum absolute atomic E-state index is 11.1. The van der Waals surface area contributed by atoms with Crippen LogP contribution < -0.4 is 0 Å². The van der Waals surface area contributed by atoms with Crippen molar-refractivity contribution in [3.63, 3.8) is 0 Å². The number of nitrogens with zero attached hydrogens (tertiary/aromatic N) is 1. The van der Waals surface area contributed by atoms with E-state index in [1.54, 1.807) is 6.92 Å². The highest BCUT2D eigenvalue weighted by atomic mass is 16.4. The number of hydrogen-bond donors (Lipinski definition) is 1. The summed E-state index contributed by atoms with van der Waals surface area (Å²) in [5.74, 6) is -0.407. The van der Waals surface area contributed by atoms with E-state index in [-0.39, 0.29) is 0 Å². The van der Waals surface area contributed by atoms with Crippen molar-refractivity contribution >= 4 is 16.9 Å². The summed E-state index contributed by atoms with van der Waals surface area (Å²) in [6.07, 6.45) is 7.55. The molecule has 3 rings (SSSR count). The minimum Gasteiger partial charge on any atom is -0.481 e. The lowest BCUT2D eigenvalue weighted by atomic mass is 10.00. The zero-order valence-corrected chi connectivity index (χ0v) is 11.9. The highest BCUT2D eigenvalue weighted by molar-refractivity contribution is 5.83. The zero-order valence-electron chi connectivity index (χ0n) is 11.9. The molecule has 1 unspecified atom stereocenters. The molecule has 1 saturated carbocycles. The standard InChI is InChI=1S/C17H21NO2/c1-12(17(19)20)14-6-7-16-15(10-14)8-9-18(16)11-13-4-2-3-5-13/h6-10,12-13H,2-5,11H2,1H3,(H,19,20). The van der Waals surface area contributed by atoms with Crippen LogP contribution in [0.5, 0.6) is 0 Å². The van der Waals surface area contributed by atoms with Crippen LogP contribution in [0.25, 0.3) is 10.9 Å². The van der Waals surface area contributed by atoms with Gasteiger partial charge in [-0.25, -0.2) is 0 Å². The highest BCUT2D eigenvalue weighted by Gasteiger charge is 2.17. The molecule has 0 radical (unpaired) electrons. The fourth-order valence-electron chi connectivity index (χ4n) is 3.26. The second-order valence-electron chi connectivity index (χ2n) is 6.00. The Morgan fingerprint density at radius 2 is 2.10 bits per heavy atom. The Balaban J connectivity index is 1.87. The van der Waals surface area contributed by atoms with E-state index in [4.69, 9.17) is 5.11 Å². The summed E-state index contributed by atoms with van der Waals surface area (Å²) >= 11 is 0. The lowest BCUT2D eigenvalue weighted by Gasteiger charge is -2.12. The van der Waals surface area contributed by atoms with Gasteiger partial charge in [0.25, 0.3) is 0 Å². The summed E-state index contributed by atoms with van der Waals surface area (Å²) in [6.45, 7) is 2.83. The molecule has 3 nitrogen and oxygen atoms in total. The van der Waals surface area contributed by atoms with Gasteiger partial charge in [0.2, 0.25) is 0 Å². The number of rotatable bonds is 4. The predicted molar refractivity (Wildman–Crippen MR) is 79.9 cm³/mol. The van der Waals surface area contributed by atoms with Crippen molar-refractivity contribution in [1.82, 2.24) is 4.57 Å². The van der Waals surface area contributed by atoms with Gasteiger partial charge in [0.15, 0.2) is 0 Å². The number of carboxylic acids is 1. The fraction of sp³-hybridized carbons (Fsp3) is 0.471. The molecule has 1 aliphatic rings. The molecular formula is C17H21NO2. The van der Waals surface area contributed by atoms with Gasteiger partial charge in [-0.05, 0) is 54.8 Å². The first-order chi connectivity index (χ1) is 9.65. The van der Waals surface area contributed by atoms with E-state index in [1.165, 1.54) is 31.2 Å². The predicted octanol–water partition coefficient (Wildman–Crippen LogP) is 4.02. The number of carbonyl (C=O) groups is 1. The number of aromatic nitrogens is 1. The maximum Gasteiger partial charge on any atom is 0.310 e. The molecule has 0 bridgehead atoms. The quantitative estimate of drug-likeness (QED) is 0.912. The van der Waals surface area contributed by atoms with Crippen molar-refractivity contribution in [3.8, 4) is 0 Å². The normalized spacial score (nSPS) is 17.6. The Morgan fingerprint density at radius 3 is 2.80 bits per heavy atom. The Bertz CT molecular complexity index is 623. The van der Waals surface area contributed by atoms with Gasteiger partial charge in [0.1, 0.15) is 0 Å². The largest absolute Gasteiger partial charge is 0.481 e. The lowest BCUT2D eigenvalue weighted by Crippen LogP contribution is -2.08. The van der Waals surface area contributed by atoms with Crippen molar-refractivity contribution in [3.05, 3.63) is 36.0 Å². The monoisotopic (exact) mass is 271 g/mol. The molecule has 0 aliphatic heterocycles. The van der Waals surface area contributed by atoms with E-state index in [1.807, 2.05) is 12.1 Å². The first-order valence-corrected chi connectivity index (χ1v) is 7.47. The number of benzene rings is 1. The zero-order chi connectivity index (χ0) is 14.1. The fourth-order valence-corrected chi connectivity index (χ4v) is 3.26. The summed E-state index contributed by atoms with van der Waals surface area (Å²) in [4.78, 5) is 11.1. The van der Waals surface area contributed by atoms with Crippen LogP contribution in [0.15, 0.2) is 30.5 Å². The van der Waals surface area contributed by atoms with Crippen LogP contribution >= 0.6 is 0 Å². The summed E-state index contributed by atoms with van der Waals surface area (Å²) in [7, 11) is 0. The molecule has 0 saturated heterocycles. The summed E-state index contributed by atoms with van der Waals surface area (Å²) in [5, 5.41) is 10.2. The summed E-state index contributed by atoms with van der Waals surface area (Å²) in [6, 6.07) is 8.13. The van der Waals surface area contributed by atoms with Crippen LogP contribution in [0.3, 0.4) is 0 Å². The van der Waals surface area contributed by atoms with E-state index in [2.05, 4.69) is 22.9 Å². The third kappa shape index (κ3) is 2.45. The highest BCUT2D eigenvalue weighted by Crippen LogP contribution is 2.29. The van der Waals surface area contributed by atoms with E-state index in [9.17, 15) is 4.79 Å². The third-order valence-corrected chi connectivity index (χ3v) is 4.60. The van der Waals surface area contributed by atoms with Gasteiger partial charge in [-0.1, -0.05) is 18.9 Å². The van der Waals surface area contributed by atoms with E-state index >= 15 is 0 Å². The van der Waals surface area contributed by atoms with Crippen molar-refractivity contribution in [1.29, 1.82) is 0 Å². The molecule has 1 aromatic heterocycles. The molecule has 3 heteroatoms. The van der Waals surface area contributed by atoms with Crippen LogP contribution in [0.1, 0.15) is 44.1 Å². The second kappa shape index (κ2) is 5.31. The Hall–Kier alpha value is -1.77. The van der Waals surface area contributed by atoms with Gasteiger partial charge in [-0.15, -0.1) is 0 Å². The topological polar surface area (TPSA) is 42.2 Å². The van der Waals surface area contributed by atoms with Crippen LogP contribution in [0.2, 0.25) is 0 Å². The van der Waals surface area contributed by atoms with Crippen LogP contribution in [0.4, 0.5) is 0 Å². The average Bonchev–Trinajstić information content (AvgIpc) is 3.08. The molecule has 1 aliphatic carbocycles. The lowest BCUT2D eigenvalue weighted by molar-refractivity contribution is -0.138. The SMILES string of the molecule is CC(C(=O)O)c1ccc2c(ccn2CC2CCCC2)c1. The smallest absolute Gasteiger partial charge is 0.310 e. The molecule has 2 aromatic rings. The van der Waals surface area contributed by atoms with Gasteiger partial charge in [0, 0.05) is 18.3 Å². The van der Waals surface area contributed by atoms with Gasteiger partial charge in [-0.3, -0.25) is 4.79 Å². The van der Waals surface area contributed by atoms with Crippen LogP contribution in [-0.4, -0.2) is 15.6 Å². The average molecular weight is 271 g/mol. The van der Waals surface area contributed by atoms with Crippen molar-refractivity contribution in [2.45, 2.75) is 45.1 Å². The molecule has 1 fully saturated rings. The summed E-state index contributed by atoms with van der Waals surface area (Å²) < 4.78 is 2.32. The first kappa shape index (κ1) is 13.2. The number of fused-ring (bicyclic) bond motifs is 1. The molecule has 1 N–H and O–H groups in total. The number of hydrogen-bond acceptors (Lipinski definition) is 1. The molecule has 0 spiro atoms. The van der Waals surface area contributed by atoms with Gasteiger partial charge in [-0.2, -0.15) is 0 Å². The van der Waals surface area contributed by atoms with Crippen LogP contribution in [0, 0.1) is 5.92 Å². The number of carboxylic acid groups (broad SMARTS) is 1. The third-order valence-electron chi connectivity index (χ3n) is 4.60. The van der Waals surface area contributed by atoms with Crippen molar-refractivity contribution < 1.29 is 9.90 Å². The second-order valence-corrected chi connectivity index (χ2v) is 6.00. The number of aliphatic carboxylic acids is 1. The van der Waals surface area contributed by atoms with Gasteiger partial charge < -0.3 is 9.67 Å². The maximum atomic E-state index is 11.1. The van der Waals surface area contributed by atoms with Crippen molar-refractivity contribution in [2.75, 3.05) is 0 Å². The van der Waals surface area contributed by atoms with Crippen LogP contribution in [-0.2, 0) is 11.3 Å². The molecule has 0 amide bonds. The van der Waals surface area contributed by atoms with E-state index < -0.39 is 11.9 Å². The Kier molecular flexibility index (Phi) is 3.51. The first-order valence-electron chi connectivity index (χ1n) is 7.47. The molecule has 1 atom stereocenters.